The molecule has 0 aromatic rings. The molecule has 2 heteroatoms. The molecule has 1 aliphatic heterocycles. The fourth-order valence-electron chi connectivity index (χ4n) is 4.92. The Labute approximate surface area is 197 Å². The molecule has 0 spiro atoms. The van der Waals surface area contributed by atoms with Gasteiger partial charge in [-0.3, -0.25) is 0 Å². The molecule has 0 bridgehead atoms. The van der Waals surface area contributed by atoms with Crippen molar-refractivity contribution in [3.05, 3.63) is 12.4 Å². The summed E-state index contributed by atoms with van der Waals surface area (Å²) in [5, 5.41) is 0. The Morgan fingerprint density at radius 3 is 1.23 bits per heavy atom. The third-order valence-corrected chi connectivity index (χ3v) is 7.07. The molecule has 184 valence electrons. The van der Waals surface area contributed by atoms with E-state index in [9.17, 15) is 0 Å². The summed E-state index contributed by atoms with van der Waals surface area (Å²) in [5.41, 5.74) is 0. The summed E-state index contributed by atoms with van der Waals surface area (Å²) < 4.78 is 0. The van der Waals surface area contributed by atoms with Gasteiger partial charge < -0.3 is 9.80 Å². The van der Waals surface area contributed by atoms with Crippen molar-refractivity contribution in [2.45, 2.75) is 162 Å². The fourth-order valence-corrected chi connectivity index (χ4v) is 4.92. The van der Waals surface area contributed by atoms with E-state index in [1.165, 1.54) is 148 Å². The van der Waals surface area contributed by atoms with E-state index in [4.69, 9.17) is 0 Å². The van der Waals surface area contributed by atoms with E-state index in [-0.39, 0.29) is 0 Å². The van der Waals surface area contributed by atoms with Crippen molar-refractivity contribution in [2.24, 2.45) is 0 Å². The maximum Gasteiger partial charge on any atom is 0.101 e. The van der Waals surface area contributed by atoms with Crippen molar-refractivity contribution in [3.63, 3.8) is 0 Å². The SMILES string of the molecule is CCCCCCCCCCCCCCCCN1C=CN(CCCC)C1CCCCCC. The number of unbranched alkanes of at least 4 members (excludes halogenated alkanes) is 17. The molecule has 1 atom stereocenters. The zero-order valence-electron chi connectivity index (χ0n) is 21.9. The molecule has 0 aromatic carbocycles. The Hall–Kier alpha value is -0.660. The maximum absolute atomic E-state index is 2.65. The highest BCUT2D eigenvalue weighted by atomic mass is 15.4. The minimum Gasteiger partial charge on any atom is -0.356 e. The second kappa shape index (κ2) is 21.2. The fraction of sp³-hybridized carbons (Fsp3) is 0.931. The minimum absolute atomic E-state index is 0.644. The van der Waals surface area contributed by atoms with Gasteiger partial charge >= 0.3 is 0 Å². The first-order valence-electron chi connectivity index (χ1n) is 14.5. The van der Waals surface area contributed by atoms with Crippen LogP contribution in [0.15, 0.2) is 12.4 Å². The zero-order valence-corrected chi connectivity index (χ0v) is 21.9. The van der Waals surface area contributed by atoms with Crippen molar-refractivity contribution in [2.75, 3.05) is 13.1 Å². The van der Waals surface area contributed by atoms with Crippen molar-refractivity contribution in [1.82, 2.24) is 9.80 Å². The molecule has 1 heterocycles. The number of nitrogens with zero attached hydrogens (tertiary/aromatic N) is 2. The Morgan fingerprint density at radius 2 is 0.774 bits per heavy atom. The summed E-state index contributed by atoms with van der Waals surface area (Å²) in [5.74, 6) is 0. The second-order valence-corrected chi connectivity index (χ2v) is 10.1. The summed E-state index contributed by atoms with van der Waals surface area (Å²) >= 11 is 0. The molecule has 0 radical (unpaired) electrons. The van der Waals surface area contributed by atoms with Gasteiger partial charge in [0.25, 0.3) is 0 Å². The van der Waals surface area contributed by atoms with Crippen LogP contribution in [0.3, 0.4) is 0 Å². The average Bonchev–Trinajstić information content (AvgIpc) is 3.17. The van der Waals surface area contributed by atoms with Crippen LogP contribution in [-0.2, 0) is 0 Å². The summed E-state index contributed by atoms with van der Waals surface area (Å²) in [6, 6.07) is 0. The largest absolute Gasteiger partial charge is 0.356 e. The van der Waals surface area contributed by atoms with Crippen molar-refractivity contribution >= 4 is 0 Å². The number of hydrogen-bond donors (Lipinski definition) is 0. The molecule has 31 heavy (non-hydrogen) atoms. The second-order valence-electron chi connectivity index (χ2n) is 10.1. The Bertz CT molecular complexity index is 392. The van der Waals surface area contributed by atoms with E-state index in [1.54, 1.807) is 0 Å². The van der Waals surface area contributed by atoms with Crippen LogP contribution in [0, 0.1) is 0 Å². The molecule has 1 rings (SSSR count). The van der Waals surface area contributed by atoms with E-state index in [2.05, 4.69) is 43.0 Å². The molecular formula is C29H58N2. The van der Waals surface area contributed by atoms with Gasteiger partial charge in [-0.25, -0.2) is 0 Å². The maximum atomic E-state index is 2.65. The summed E-state index contributed by atoms with van der Waals surface area (Å²) in [7, 11) is 0. The van der Waals surface area contributed by atoms with Crippen LogP contribution in [0.1, 0.15) is 156 Å². The highest BCUT2D eigenvalue weighted by Gasteiger charge is 2.24. The zero-order chi connectivity index (χ0) is 22.4. The number of hydrogen-bond acceptors (Lipinski definition) is 2. The van der Waals surface area contributed by atoms with Gasteiger partial charge in [-0.1, -0.05) is 130 Å². The first-order valence-corrected chi connectivity index (χ1v) is 14.5. The van der Waals surface area contributed by atoms with Crippen LogP contribution in [0.25, 0.3) is 0 Å². The summed E-state index contributed by atoms with van der Waals surface area (Å²) in [6.45, 7) is 9.42. The molecule has 0 aromatic heterocycles. The van der Waals surface area contributed by atoms with Gasteiger partial charge in [0.05, 0.1) is 0 Å². The molecule has 2 nitrogen and oxygen atoms in total. The molecule has 0 saturated carbocycles. The predicted octanol–water partition coefficient (Wildman–Crippen LogP) is 9.65. The van der Waals surface area contributed by atoms with Crippen LogP contribution < -0.4 is 0 Å². The van der Waals surface area contributed by atoms with E-state index < -0.39 is 0 Å². The molecule has 0 N–H and O–H groups in total. The monoisotopic (exact) mass is 434 g/mol. The van der Waals surface area contributed by atoms with Crippen LogP contribution >= 0.6 is 0 Å². The molecule has 0 saturated heterocycles. The minimum atomic E-state index is 0.644. The van der Waals surface area contributed by atoms with Gasteiger partial charge in [-0.2, -0.15) is 0 Å². The van der Waals surface area contributed by atoms with Gasteiger partial charge in [0, 0.05) is 25.5 Å². The van der Waals surface area contributed by atoms with E-state index >= 15 is 0 Å². The molecule has 0 aliphatic carbocycles. The van der Waals surface area contributed by atoms with Gasteiger partial charge in [0.15, 0.2) is 0 Å². The highest BCUT2D eigenvalue weighted by Crippen LogP contribution is 2.23. The Balaban J connectivity index is 2.03. The van der Waals surface area contributed by atoms with Crippen LogP contribution in [-0.4, -0.2) is 29.1 Å². The molecule has 0 amide bonds. The number of rotatable bonds is 23. The lowest BCUT2D eigenvalue weighted by Crippen LogP contribution is -2.39. The highest BCUT2D eigenvalue weighted by molar-refractivity contribution is 4.96. The average molecular weight is 435 g/mol. The van der Waals surface area contributed by atoms with Gasteiger partial charge in [-0.15, -0.1) is 0 Å². The van der Waals surface area contributed by atoms with Gasteiger partial charge in [0.1, 0.15) is 6.17 Å². The lowest BCUT2D eigenvalue weighted by atomic mass is 10.0. The van der Waals surface area contributed by atoms with E-state index in [0.717, 1.165) is 0 Å². The smallest absolute Gasteiger partial charge is 0.101 e. The normalized spacial score (nSPS) is 16.0. The lowest BCUT2D eigenvalue weighted by Gasteiger charge is -2.33. The van der Waals surface area contributed by atoms with Crippen LogP contribution in [0.4, 0.5) is 0 Å². The third-order valence-electron chi connectivity index (χ3n) is 7.07. The third kappa shape index (κ3) is 14.9. The standard InChI is InChI=1S/C29H58N2/c1-4-7-10-12-13-14-15-16-17-18-19-20-21-23-26-31-28-27-30(25-9-6-3)29(31)24-22-11-8-5-2/h27-29H,4-26H2,1-3H3. The van der Waals surface area contributed by atoms with Crippen LogP contribution in [0.2, 0.25) is 0 Å². The Morgan fingerprint density at radius 1 is 0.419 bits per heavy atom. The van der Waals surface area contributed by atoms with Crippen molar-refractivity contribution in [1.29, 1.82) is 0 Å². The first kappa shape index (κ1) is 28.4. The molecule has 1 aliphatic rings. The predicted molar refractivity (Wildman–Crippen MR) is 140 cm³/mol. The quantitative estimate of drug-likeness (QED) is 0.148. The van der Waals surface area contributed by atoms with E-state index in [1.807, 2.05) is 0 Å². The topological polar surface area (TPSA) is 6.48 Å². The molecule has 1 unspecified atom stereocenters. The van der Waals surface area contributed by atoms with Crippen LogP contribution in [0.5, 0.6) is 0 Å². The van der Waals surface area contributed by atoms with Crippen molar-refractivity contribution in [3.8, 4) is 0 Å². The van der Waals surface area contributed by atoms with Gasteiger partial charge in [0.2, 0.25) is 0 Å². The first-order chi connectivity index (χ1) is 15.3. The lowest BCUT2D eigenvalue weighted by molar-refractivity contribution is 0.136. The van der Waals surface area contributed by atoms with E-state index in [0.29, 0.717) is 6.17 Å². The van der Waals surface area contributed by atoms with Crippen molar-refractivity contribution < 1.29 is 0 Å². The molecular weight excluding hydrogens is 376 g/mol. The van der Waals surface area contributed by atoms with Gasteiger partial charge in [-0.05, 0) is 25.7 Å². The Kier molecular flexibility index (Phi) is 19.4. The summed E-state index contributed by atoms with van der Waals surface area (Å²) in [6.07, 6.45) is 35.1. The molecule has 0 fully saturated rings. The summed E-state index contributed by atoms with van der Waals surface area (Å²) in [4.78, 5) is 5.28.